The summed E-state index contributed by atoms with van der Waals surface area (Å²) in [4.78, 5) is 13.0. The third-order valence-electron chi connectivity index (χ3n) is 5.37. The van der Waals surface area contributed by atoms with Gasteiger partial charge < -0.3 is 5.32 Å². The zero-order valence-corrected chi connectivity index (χ0v) is 15.8. The minimum Gasteiger partial charge on any atom is -0.300 e. The fourth-order valence-electron chi connectivity index (χ4n) is 5.09. The molecule has 4 aliphatic rings. The van der Waals surface area contributed by atoms with Crippen LogP contribution in [0.25, 0.3) is 0 Å². The van der Waals surface area contributed by atoms with E-state index in [2.05, 4.69) is 38.4 Å². The molecule has 4 saturated carbocycles. The van der Waals surface area contributed by atoms with Gasteiger partial charge in [0.15, 0.2) is 4.34 Å². The highest BCUT2D eigenvalue weighted by Gasteiger charge is 2.59. The molecular formula is C15H20BrN3OS2. The number of carbonyl (C=O) groups is 1. The number of nitrogens with zero attached hydrogens (tertiary/aromatic N) is 2. The zero-order chi connectivity index (χ0) is 15.4. The number of amides is 1. The first-order valence-corrected chi connectivity index (χ1v) is 10.6. The molecule has 1 heterocycles. The van der Waals surface area contributed by atoms with Gasteiger partial charge in [-0.15, -0.1) is 10.2 Å². The molecular weight excluding hydrogens is 382 g/mol. The molecule has 4 nitrogen and oxygen atoms in total. The molecule has 120 valence electrons. The molecule has 5 rings (SSSR count). The predicted octanol–water partition coefficient (Wildman–Crippen LogP) is 4.32. The number of anilines is 1. The number of alkyl halides is 1. The van der Waals surface area contributed by atoms with Crippen molar-refractivity contribution in [3.63, 3.8) is 0 Å². The highest BCUT2D eigenvalue weighted by molar-refractivity contribution is 9.10. The lowest BCUT2D eigenvalue weighted by molar-refractivity contribution is -0.138. The zero-order valence-electron chi connectivity index (χ0n) is 12.6. The Morgan fingerprint density at radius 3 is 2.73 bits per heavy atom. The fourth-order valence-corrected chi connectivity index (χ4v) is 8.18. The van der Waals surface area contributed by atoms with Crippen molar-refractivity contribution in [3.8, 4) is 0 Å². The van der Waals surface area contributed by atoms with Gasteiger partial charge in [-0.2, -0.15) is 0 Å². The fraction of sp³-hybridized carbons (Fsp3) is 0.800. The van der Waals surface area contributed by atoms with Crippen LogP contribution in [0.3, 0.4) is 0 Å². The maximum atomic E-state index is 13.0. The summed E-state index contributed by atoms with van der Waals surface area (Å²) >= 11 is 7.12. The number of aromatic nitrogens is 2. The van der Waals surface area contributed by atoms with Crippen LogP contribution in [0, 0.1) is 17.3 Å². The standard InChI is InChI=1S/C15H20BrN3OS2/c1-2-21-13-19-18-12(22-13)17-11(20)14-4-9-3-10(5-14)7-15(16,6-9)8-14/h9-10H,2-8H2,1H3,(H,17,18,20)/t9-,10+,14?,15?. The summed E-state index contributed by atoms with van der Waals surface area (Å²) in [6, 6.07) is 0. The molecule has 0 aliphatic heterocycles. The van der Waals surface area contributed by atoms with E-state index in [9.17, 15) is 4.79 Å². The van der Waals surface area contributed by atoms with Crippen molar-refractivity contribution >= 4 is 50.1 Å². The molecule has 0 saturated heterocycles. The number of nitrogens with one attached hydrogen (secondary N) is 1. The summed E-state index contributed by atoms with van der Waals surface area (Å²) in [6.45, 7) is 2.09. The number of hydrogen-bond donors (Lipinski definition) is 1. The molecule has 7 heteroatoms. The van der Waals surface area contributed by atoms with Gasteiger partial charge in [-0.1, -0.05) is 46.0 Å². The van der Waals surface area contributed by atoms with E-state index in [0.717, 1.165) is 29.4 Å². The monoisotopic (exact) mass is 401 g/mol. The summed E-state index contributed by atoms with van der Waals surface area (Å²) in [6.07, 6.45) is 6.89. The SMILES string of the molecule is CCSc1nnc(NC(=O)C23C[C@@H]4C[C@@H](CC(Br)(C4)C2)C3)s1. The summed E-state index contributed by atoms with van der Waals surface area (Å²) in [7, 11) is 0. The first-order valence-electron chi connectivity index (χ1n) is 7.97. The summed E-state index contributed by atoms with van der Waals surface area (Å²) in [5, 5.41) is 12.0. The normalized spacial score (nSPS) is 39.2. The summed E-state index contributed by atoms with van der Waals surface area (Å²) < 4.78 is 1.14. The molecule has 1 aromatic heterocycles. The maximum absolute atomic E-state index is 13.0. The van der Waals surface area contributed by atoms with Crippen LogP contribution in [0.1, 0.15) is 45.4 Å². The van der Waals surface area contributed by atoms with Crippen molar-refractivity contribution in [2.24, 2.45) is 17.3 Å². The minimum atomic E-state index is -0.183. The Kier molecular flexibility index (Phi) is 3.81. The van der Waals surface area contributed by atoms with Crippen molar-refractivity contribution in [1.82, 2.24) is 10.2 Å². The quantitative estimate of drug-likeness (QED) is 0.463. The molecule has 1 N–H and O–H groups in total. The van der Waals surface area contributed by atoms with Crippen LogP contribution in [-0.4, -0.2) is 26.2 Å². The summed E-state index contributed by atoms with van der Waals surface area (Å²) in [5.74, 6) is 2.58. The number of hydrogen-bond acceptors (Lipinski definition) is 5. The number of thioether (sulfide) groups is 1. The van der Waals surface area contributed by atoms with Gasteiger partial charge in [-0.05, 0) is 56.1 Å². The van der Waals surface area contributed by atoms with Crippen molar-refractivity contribution < 1.29 is 4.79 Å². The molecule has 4 fully saturated rings. The molecule has 22 heavy (non-hydrogen) atoms. The van der Waals surface area contributed by atoms with E-state index >= 15 is 0 Å². The number of rotatable bonds is 4. The first kappa shape index (κ1) is 15.4. The van der Waals surface area contributed by atoms with Gasteiger partial charge in [-0.3, -0.25) is 4.79 Å². The van der Waals surface area contributed by atoms with Crippen LogP contribution in [0.2, 0.25) is 0 Å². The van der Waals surface area contributed by atoms with Crippen LogP contribution >= 0.6 is 39.0 Å². The van der Waals surface area contributed by atoms with E-state index in [1.807, 2.05) is 0 Å². The lowest BCUT2D eigenvalue weighted by Crippen LogP contribution is -2.57. The van der Waals surface area contributed by atoms with Crippen molar-refractivity contribution in [3.05, 3.63) is 0 Å². The van der Waals surface area contributed by atoms with Crippen LogP contribution in [0.5, 0.6) is 0 Å². The van der Waals surface area contributed by atoms with E-state index in [4.69, 9.17) is 0 Å². The van der Waals surface area contributed by atoms with Gasteiger partial charge >= 0.3 is 0 Å². The minimum absolute atomic E-state index is 0.176. The number of carbonyl (C=O) groups excluding carboxylic acids is 1. The molecule has 4 aliphatic carbocycles. The topological polar surface area (TPSA) is 54.9 Å². The Balaban J connectivity index is 1.52. The third-order valence-corrected chi connectivity index (χ3v) is 8.15. The Hall–Kier alpha value is -0.140. The Morgan fingerprint density at radius 2 is 2.09 bits per heavy atom. The van der Waals surface area contributed by atoms with Crippen molar-refractivity contribution in [1.29, 1.82) is 0 Å². The van der Waals surface area contributed by atoms with E-state index in [0.29, 0.717) is 17.0 Å². The highest BCUT2D eigenvalue weighted by Crippen LogP contribution is 2.64. The second-order valence-corrected chi connectivity index (χ2v) is 11.3. The van der Waals surface area contributed by atoms with Crippen molar-refractivity contribution in [2.75, 3.05) is 11.1 Å². The molecule has 4 atom stereocenters. The first-order chi connectivity index (χ1) is 10.5. The second-order valence-electron chi connectivity index (χ2n) is 7.15. The van der Waals surface area contributed by atoms with E-state index in [1.54, 1.807) is 11.8 Å². The maximum Gasteiger partial charge on any atom is 0.232 e. The van der Waals surface area contributed by atoms with Crippen molar-refractivity contribution in [2.45, 2.75) is 54.1 Å². The molecule has 0 radical (unpaired) electrons. The van der Waals surface area contributed by atoms with Crippen LogP contribution in [-0.2, 0) is 4.79 Å². The Bertz CT molecular complexity index is 591. The van der Waals surface area contributed by atoms with Gasteiger partial charge in [0.1, 0.15) is 0 Å². The summed E-state index contributed by atoms with van der Waals surface area (Å²) in [5.41, 5.74) is -0.183. The van der Waals surface area contributed by atoms with Crippen LogP contribution < -0.4 is 5.32 Å². The van der Waals surface area contributed by atoms with E-state index in [1.165, 1.54) is 30.6 Å². The smallest absolute Gasteiger partial charge is 0.232 e. The van der Waals surface area contributed by atoms with Crippen LogP contribution in [0.15, 0.2) is 4.34 Å². The lowest BCUT2D eigenvalue weighted by Gasteiger charge is -2.59. The van der Waals surface area contributed by atoms with Gasteiger partial charge in [0.25, 0.3) is 0 Å². The van der Waals surface area contributed by atoms with Gasteiger partial charge in [0, 0.05) is 4.32 Å². The Labute approximate surface area is 147 Å². The Morgan fingerprint density at radius 1 is 1.36 bits per heavy atom. The molecule has 0 aromatic carbocycles. The second kappa shape index (κ2) is 5.45. The van der Waals surface area contributed by atoms with Crippen LogP contribution in [0.4, 0.5) is 5.13 Å². The van der Waals surface area contributed by atoms with Gasteiger partial charge in [-0.25, -0.2) is 0 Å². The highest BCUT2D eigenvalue weighted by atomic mass is 79.9. The van der Waals surface area contributed by atoms with E-state index in [-0.39, 0.29) is 15.6 Å². The molecule has 1 aromatic rings. The average molecular weight is 402 g/mol. The third kappa shape index (κ3) is 2.63. The average Bonchev–Trinajstić information content (AvgIpc) is 2.83. The molecule has 0 spiro atoms. The molecule has 4 bridgehead atoms. The van der Waals surface area contributed by atoms with Gasteiger partial charge in [0.05, 0.1) is 5.41 Å². The largest absolute Gasteiger partial charge is 0.300 e. The molecule has 1 amide bonds. The number of halogens is 1. The van der Waals surface area contributed by atoms with E-state index < -0.39 is 0 Å². The van der Waals surface area contributed by atoms with Gasteiger partial charge in [0.2, 0.25) is 11.0 Å². The molecule has 2 unspecified atom stereocenters. The lowest BCUT2D eigenvalue weighted by atomic mass is 9.49. The predicted molar refractivity (Wildman–Crippen MR) is 93.7 cm³/mol.